The summed E-state index contributed by atoms with van der Waals surface area (Å²) >= 11 is 12.1. The van der Waals surface area contributed by atoms with Gasteiger partial charge < -0.3 is 10.5 Å². The van der Waals surface area contributed by atoms with E-state index >= 15 is 0 Å². The number of aliphatic imine (C=N–C) groups is 1. The van der Waals surface area contributed by atoms with Gasteiger partial charge in [0.15, 0.2) is 0 Å². The van der Waals surface area contributed by atoms with E-state index in [0.29, 0.717) is 21.5 Å². The predicted molar refractivity (Wildman–Crippen MR) is 164 cm³/mol. The highest BCUT2D eigenvalue weighted by atomic mass is 35.5. The van der Waals surface area contributed by atoms with E-state index in [1.165, 1.54) is 29.3 Å². The Bertz CT molecular complexity index is 1700. The second-order valence-electron chi connectivity index (χ2n) is 9.06. The third kappa shape index (κ3) is 7.13. The molecular weight excluding hydrogens is 581 g/mol. The standard InChI is InChI=1S/C30H25Cl2N5O3S/c31-23-13-11-22(12-14-23)29-27(21-7-3-1-4-8-21)19-37(35-29)30(34-28(33)20-40-25-9-5-2-6-10-25)36-41(38,39)26-17-15-24(32)16-18-26/h1-18,27H,19-20H2,(H2,33,34,36). The molecule has 4 aromatic rings. The Morgan fingerprint density at radius 3 is 2.10 bits per heavy atom. The van der Waals surface area contributed by atoms with Crippen LogP contribution in [0, 0.1) is 0 Å². The van der Waals surface area contributed by atoms with Gasteiger partial charge in [-0.05, 0) is 59.7 Å². The van der Waals surface area contributed by atoms with Gasteiger partial charge in [-0.15, -0.1) is 4.40 Å². The number of amidine groups is 1. The number of halogens is 2. The van der Waals surface area contributed by atoms with Gasteiger partial charge in [0.1, 0.15) is 18.2 Å². The fourth-order valence-corrected chi connectivity index (χ4v) is 5.37. The van der Waals surface area contributed by atoms with Crippen molar-refractivity contribution in [2.45, 2.75) is 10.8 Å². The van der Waals surface area contributed by atoms with Crippen molar-refractivity contribution >= 4 is 50.7 Å². The van der Waals surface area contributed by atoms with Crippen molar-refractivity contribution in [3.63, 3.8) is 0 Å². The first-order chi connectivity index (χ1) is 19.8. The van der Waals surface area contributed by atoms with Gasteiger partial charge in [0.05, 0.1) is 17.2 Å². The van der Waals surface area contributed by atoms with E-state index in [4.69, 9.17) is 38.8 Å². The summed E-state index contributed by atoms with van der Waals surface area (Å²) in [6, 6.07) is 31.9. The summed E-state index contributed by atoms with van der Waals surface area (Å²) in [6.07, 6.45) is 0. The molecule has 0 saturated carbocycles. The smallest absolute Gasteiger partial charge is 0.285 e. The van der Waals surface area contributed by atoms with Crippen molar-refractivity contribution in [1.29, 1.82) is 0 Å². The lowest BCUT2D eigenvalue weighted by atomic mass is 9.91. The first-order valence-electron chi connectivity index (χ1n) is 12.6. The fourth-order valence-electron chi connectivity index (χ4n) is 4.18. The van der Waals surface area contributed by atoms with Crippen LogP contribution in [0.25, 0.3) is 0 Å². The second kappa shape index (κ2) is 12.6. The van der Waals surface area contributed by atoms with Crippen molar-refractivity contribution in [3.05, 3.63) is 130 Å². The van der Waals surface area contributed by atoms with E-state index in [9.17, 15) is 8.42 Å². The highest BCUT2D eigenvalue weighted by molar-refractivity contribution is 7.90. The average molecular weight is 607 g/mol. The third-order valence-corrected chi connectivity index (χ3v) is 7.95. The maximum absolute atomic E-state index is 13.4. The molecular formula is C30H25Cl2N5O3S. The Kier molecular flexibility index (Phi) is 8.68. The zero-order valence-electron chi connectivity index (χ0n) is 21.6. The number of ether oxygens (including phenoxy) is 1. The lowest BCUT2D eigenvalue weighted by molar-refractivity contribution is 0.375. The largest absolute Gasteiger partial charge is 0.486 e. The average Bonchev–Trinajstić information content (AvgIpc) is 3.43. The molecule has 0 saturated heterocycles. The quantitative estimate of drug-likeness (QED) is 0.206. The SMILES string of the molecule is N/C(COc1ccccc1)=N/C(=N\S(=O)(=O)c1ccc(Cl)cc1)N1CC(c2ccccc2)C(c2ccc(Cl)cc2)=N1. The van der Waals surface area contributed by atoms with Gasteiger partial charge in [0.25, 0.3) is 16.0 Å². The molecule has 0 aromatic heterocycles. The molecule has 0 bridgehead atoms. The molecule has 0 fully saturated rings. The van der Waals surface area contributed by atoms with Crippen molar-refractivity contribution in [3.8, 4) is 5.75 Å². The molecule has 1 aliphatic heterocycles. The first-order valence-corrected chi connectivity index (χ1v) is 14.8. The minimum absolute atomic E-state index is 0.0188. The highest BCUT2D eigenvalue weighted by Gasteiger charge is 2.32. The van der Waals surface area contributed by atoms with Crippen LogP contribution in [0.1, 0.15) is 17.0 Å². The zero-order chi connectivity index (χ0) is 28.8. The van der Waals surface area contributed by atoms with E-state index in [1.54, 1.807) is 24.3 Å². The molecule has 0 aliphatic carbocycles. The Morgan fingerprint density at radius 1 is 0.878 bits per heavy atom. The summed E-state index contributed by atoms with van der Waals surface area (Å²) in [5, 5.41) is 7.23. The number of nitrogens with two attached hydrogens (primary N) is 1. The van der Waals surface area contributed by atoms with E-state index in [1.807, 2.05) is 60.7 Å². The molecule has 0 amide bonds. The van der Waals surface area contributed by atoms with Crippen LogP contribution in [0.5, 0.6) is 5.75 Å². The third-order valence-electron chi connectivity index (χ3n) is 6.17. The molecule has 1 atom stereocenters. The molecule has 8 nitrogen and oxygen atoms in total. The summed E-state index contributed by atoms with van der Waals surface area (Å²) in [4.78, 5) is 4.34. The van der Waals surface area contributed by atoms with Gasteiger partial charge in [0, 0.05) is 16.0 Å². The number of nitrogens with zero attached hydrogens (tertiary/aromatic N) is 4. The van der Waals surface area contributed by atoms with E-state index in [0.717, 1.165) is 11.1 Å². The Hall–Kier alpha value is -4.18. The molecule has 41 heavy (non-hydrogen) atoms. The van der Waals surface area contributed by atoms with Crippen LogP contribution >= 0.6 is 23.2 Å². The summed E-state index contributed by atoms with van der Waals surface area (Å²) < 4.78 is 36.5. The molecule has 0 radical (unpaired) electrons. The van der Waals surface area contributed by atoms with Crippen LogP contribution in [-0.4, -0.2) is 44.1 Å². The van der Waals surface area contributed by atoms with Gasteiger partial charge >= 0.3 is 0 Å². The summed E-state index contributed by atoms with van der Waals surface area (Å²) in [7, 11) is -4.20. The molecule has 2 N–H and O–H groups in total. The maximum atomic E-state index is 13.4. The molecule has 1 unspecified atom stereocenters. The van der Waals surface area contributed by atoms with Crippen LogP contribution in [0.4, 0.5) is 0 Å². The number of hydrogen-bond donors (Lipinski definition) is 1. The van der Waals surface area contributed by atoms with Gasteiger partial charge in [-0.2, -0.15) is 18.5 Å². The summed E-state index contributed by atoms with van der Waals surface area (Å²) in [5.41, 5.74) is 8.75. The Labute approximate surface area is 248 Å². The fraction of sp³-hybridized carbons (Fsp3) is 0.100. The topological polar surface area (TPSA) is 110 Å². The Morgan fingerprint density at radius 2 is 1.46 bits per heavy atom. The number of para-hydroxylation sites is 1. The van der Waals surface area contributed by atoms with Gasteiger partial charge in [-0.3, -0.25) is 0 Å². The number of hydrazone groups is 1. The minimum atomic E-state index is -4.20. The number of guanidine groups is 1. The van der Waals surface area contributed by atoms with Crippen LogP contribution in [0.15, 0.2) is 129 Å². The normalized spacial score (nSPS) is 16.0. The van der Waals surface area contributed by atoms with Crippen LogP contribution in [-0.2, 0) is 10.0 Å². The molecule has 4 aromatic carbocycles. The number of rotatable bonds is 7. The predicted octanol–water partition coefficient (Wildman–Crippen LogP) is 5.98. The zero-order valence-corrected chi connectivity index (χ0v) is 24.0. The van der Waals surface area contributed by atoms with Gasteiger partial charge in [-0.25, -0.2) is 5.01 Å². The van der Waals surface area contributed by atoms with Crippen LogP contribution < -0.4 is 10.5 Å². The molecule has 1 aliphatic rings. The lowest BCUT2D eigenvalue weighted by Gasteiger charge is -2.16. The molecule has 0 spiro atoms. The van der Waals surface area contributed by atoms with Crippen molar-refractivity contribution < 1.29 is 13.2 Å². The highest BCUT2D eigenvalue weighted by Crippen LogP contribution is 2.30. The van der Waals surface area contributed by atoms with Crippen molar-refractivity contribution in [1.82, 2.24) is 5.01 Å². The van der Waals surface area contributed by atoms with Crippen molar-refractivity contribution in [2.24, 2.45) is 20.2 Å². The first kappa shape index (κ1) is 28.4. The number of sulfonamides is 1. The van der Waals surface area contributed by atoms with Crippen LogP contribution in [0.3, 0.4) is 0 Å². The number of hydrogen-bond acceptors (Lipinski definition) is 4. The van der Waals surface area contributed by atoms with Crippen LogP contribution in [0.2, 0.25) is 10.0 Å². The molecule has 208 valence electrons. The molecule has 1 heterocycles. The molecule has 11 heteroatoms. The van der Waals surface area contributed by atoms with Gasteiger partial charge in [0.2, 0.25) is 0 Å². The monoisotopic (exact) mass is 605 g/mol. The van der Waals surface area contributed by atoms with E-state index in [-0.39, 0.29) is 35.8 Å². The Balaban J connectivity index is 1.56. The van der Waals surface area contributed by atoms with E-state index in [2.05, 4.69) is 9.39 Å². The minimum Gasteiger partial charge on any atom is -0.486 e. The van der Waals surface area contributed by atoms with E-state index < -0.39 is 10.0 Å². The van der Waals surface area contributed by atoms with Crippen molar-refractivity contribution in [2.75, 3.05) is 13.2 Å². The van der Waals surface area contributed by atoms with Gasteiger partial charge in [-0.1, -0.05) is 83.9 Å². The maximum Gasteiger partial charge on any atom is 0.285 e. The lowest BCUT2D eigenvalue weighted by Crippen LogP contribution is -2.30. The summed E-state index contributed by atoms with van der Waals surface area (Å²) in [5.74, 6) is 0.202. The second-order valence-corrected chi connectivity index (χ2v) is 11.5. The number of benzene rings is 4. The molecule has 5 rings (SSSR count). The summed E-state index contributed by atoms with van der Waals surface area (Å²) in [6.45, 7) is 0.182.